The van der Waals surface area contributed by atoms with E-state index >= 15 is 0 Å². The fraction of sp³-hybridized carbons (Fsp3) is 0.588. The van der Waals surface area contributed by atoms with Gasteiger partial charge in [-0.1, -0.05) is 49.6 Å². The van der Waals surface area contributed by atoms with Crippen molar-refractivity contribution >= 4 is 14.1 Å². The van der Waals surface area contributed by atoms with Crippen LogP contribution in [0.2, 0.25) is 19.6 Å². The van der Waals surface area contributed by atoms with E-state index < -0.39 is 8.32 Å². The third-order valence-corrected chi connectivity index (χ3v) is 4.91. The van der Waals surface area contributed by atoms with Crippen molar-refractivity contribution in [2.45, 2.75) is 63.8 Å². The van der Waals surface area contributed by atoms with Crippen LogP contribution in [0.3, 0.4) is 0 Å². The van der Waals surface area contributed by atoms with Gasteiger partial charge in [-0.2, -0.15) is 0 Å². The number of carbonyl (C=O) groups excluding carboxylic acids is 1. The minimum Gasteiger partial charge on any atom is -0.412 e. The molecule has 0 saturated heterocycles. The van der Waals surface area contributed by atoms with Crippen molar-refractivity contribution < 1.29 is 9.22 Å². The van der Waals surface area contributed by atoms with Crippen molar-refractivity contribution in [2.24, 2.45) is 0 Å². The first kappa shape index (κ1) is 15.5. The highest BCUT2D eigenvalue weighted by Gasteiger charge is 2.38. The lowest BCUT2D eigenvalue weighted by Gasteiger charge is -2.41. The van der Waals surface area contributed by atoms with Crippen molar-refractivity contribution in [2.75, 3.05) is 0 Å². The average molecular weight is 290 g/mol. The SMILES string of the molecule is C[Si](C)(C)OC1(CC(=O)c2ccccc2)CCCCC1. The lowest BCUT2D eigenvalue weighted by molar-refractivity contribution is 0.0165. The van der Waals surface area contributed by atoms with Gasteiger partial charge in [0.15, 0.2) is 14.1 Å². The summed E-state index contributed by atoms with van der Waals surface area (Å²) in [5, 5.41) is 0. The van der Waals surface area contributed by atoms with Gasteiger partial charge in [0.1, 0.15) is 0 Å². The number of benzene rings is 1. The molecule has 3 heteroatoms. The van der Waals surface area contributed by atoms with Gasteiger partial charge >= 0.3 is 0 Å². The number of rotatable bonds is 5. The van der Waals surface area contributed by atoms with E-state index in [1.54, 1.807) is 0 Å². The Morgan fingerprint density at radius 3 is 2.25 bits per heavy atom. The summed E-state index contributed by atoms with van der Waals surface area (Å²) < 4.78 is 6.48. The summed E-state index contributed by atoms with van der Waals surface area (Å²) in [5.41, 5.74) is 0.618. The zero-order chi connectivity index (χ0) is 14.6. The molecule has 1 aliphatic rings. The number of hydrogen-bond donors (Lipinski definition) is 0. The molecule has 2 nitrogen and oxygen atoms in total. The average Bonchev–Trinajstić information content (AvgIpc) is 2.38. The molecule has 0 heterocycles. The number of carbonyl (C=O) groups is 1. The lowest BCUT2D eigenvalue weighted by Crippen LogP contribution is -2.45. The second-order valence-electron chi connectivity index (χ2n) is 6.92. The second kappa shape index (κ2) is 6.23. The molecule has 1 saturated carbocycles. The summed E-state index contributed by atoms with van der Waals surface area (Å²) in [6, 6.07) is 9.63. The standard InChI is InChI=1S/C17H26O2Si/c1-20(2,3)19-17(12-8-5-9-13-17)14-16(18)15-10-6-4-7-11-15/h4,6-7,10-11H,5,8-9,12-14H2,1-3H3. The molecule has 110 valence electrons. The zero-order valence-electron chi connectivity index (χ0n) is 12.9. The zero-order valence-corrected chi connectivity index (χ0v) is 13.9. The van der Waals surface area contributed by atoms with Crippen LogP contribution in [-0.4, -0.2) is 19.7 Å². The van der Waals surface area contributed by atoms with E-state index in [0.29, 0.717) is 6.42 Å². The van der Waals surface area contributed by atoms with E-state index in [1.807, 2.05) is 30.3 Å². The molecule has 20 heavy (non-hydrogen) atoms. The van der Waals surface area contributed by atoms with Gasteiger partial charge in [0, 0.05) is 12.0 Å². The molecule has 0 N–H and O–H groups in total. The smallest absolute Gasteiger partial charge is 0.184 e. The molecule has 0 amide bonds. The minimum absolute atomic E-state index is 0.199. The van der Waals surface area contributed by atoms with Crippen LogP contribution in [0.4, 0.5) is 0 Å². The monoisotopic (exact) mass is 290 g/mol. The summed E-state index contributed by atoms with van der Waals surface area (Å²) in [4.78, 5) is 12.5. The Balaban J connectivity index is 2.13. The molecule has 0 radical (unpaired) electrons. The van der Waals surface area contributed by atoms with E-state index in [2.05, 4.69) is 19.6 Å². The number of ketones is 1. The molecule has 1 fully saturated rings. The first-order valence-corrected chi connectivity index (χ1v) is 11.1. The molecule has 0 spiro atoms. The van der Waals surface area contributed by atoms with Crippen LogP contribution in [0.25, 0.3) is 0 Å². The summed E-state index contributed by atoms with van der Waals surface area (Å²) >= 11 is 0. The topological polar surface area (TPSA) is 26.3 Å². The van der Waals surface area contributed by atoms with E-state index in [9.17, 15) is 4.79 Å². The van der Waals surface area contributed by atoms with Gasteiger partial charge in [-0.15, -0.1) is 0 Å². The van der Waals surface area contributed by atoms with Crippen molar-refractivity contribution in [1.29, 1.82) is 0 Å². The Hall–Kier alpha value is -0.933. The maximum Gasteiger partial charge on any atom is 0.184 e. The Morgan fingerprint density at radius 1 is 1.10 bits per heavy atom. The minimum atomic E-state index is -1.64. The highest BCUT2D eigenvalue weighted by Crippen LogP contribution is 2.37. The van der Waals surface area contributed by atoms with Crippen LogP contribution in [0, 0.1) is 0 Å². The third kappa shape index (κ3) is 4.28. The summed E-state index contributed by atoms with van der Waals surface area (Å²) in [5.74, 6) is 0.228. The van der Waals surface area contributed by atoms with Gasteiger partial charge in [-0.25, -0.2) is 0 Å². The lowest BCUT2D eigenvalue weighted by atomic mass is 9.80. The van der Waals surface area contributed by atoms with E-state index in [-0.39, 0.29) is 11.4 Å². The van der Waals surface area contributed by atoms with Crippen LogP contribution >= 0.6 is 0 Å². The van der Waals surface area contributed by atoms with Gasteiger partial charge in [-0.05, 0) is 32.5 Å². The maximum absolute atomic E-state index is 12.5. The Labute approximate surface area is 123 Å². The number of Topliss-reactive ketones (excluding diaryl/α,β-unsaturated/α-hetero) is 1. The van der Waals surface area contributed by atoms with Crippen LogP contribution in [0.15, 0.2) is 30.3 Å². The highest BCUT2D eigenvalue weighted by molar-refractivity contribution is 6.69. The van der Waals surface area contributed by atoms with Crippen LogP contribution in [0.1, 0.15) is 48.9 Å². The maximum atomic E-state index is 12.5. The van der Waals surface area contributed by atoms with Gasteiger partial charge in [0.25, 0.3) is 0 Å². The molecule has 0 unspecified atom stereocenters. The molecule has 1 aromatic rings. The molecule has 1 aromatic carbocycles. The molecule has 0 bridgehead atoms. The Bertz CT molecular complexity index is 442. The van der Waals surface area contributed by atoms with Crippen LogP contribution in [0.5, 0.6) is 0 Å². The molecular weight excluding hydrogens is 264 g/mol. The molecule has 2 rings (SSSR count). The predicted molar refractivity (Wildman–Crippen MR) is 85.6 cm³/mol. The van der Waals surface area contributed by atoms with E-state index in [0.717, 1.165) is 18.4 Å². The van der Waals surface area contributed by atoms with Crippen LogP contribution in [-0.2, 0) is 4.43 Å². The Kier molecular flexibility index (Phi) is 4.81. The summed E-state index contributed by atoms with van der Waals surface area (Å²) in [7, 11) is -1.64. The molecule has 0 aromatic heterocycles. The molecular formula is C17H26O2Si. The van der Waals surface area contributed by atoms with Gasteiger partial charge in [0.05, 0.1) is 5.60 Å². The van der Waals surface area contributed by atoms with Crippen LogP contribution < -0.4 is 0 Å². The van der Waals surface area contributed by atoms with Gasteiger partial charge < -0.3 is 4.43 Å². The quantitative estimate of drug-likeness (QED) is 0.574. The first-order valence-electron chi connectivity index (χ1n) is 7.69. The largest absolute Gasteiger partial charge is 0.412 e. The predicted octanol–water partition coefficient (Wildman–Crippen LogP) is 4.81. The fourth-order valence-electron chi connectivity index (χ4n) is 3.18. The Morgan fingerprint density at radius 2 is 1.70 bits per heavy atom. The van der Waals surface area contributed by atoms with Crippen molar-refractivity contribution in [3.05, 3.63) is 35.9 Å². The van der Waals surface area contributed by atoms with Crippen molar-refractivity contribution in [3.63, 3.8) is 0 Å². The molecule has 1 aliphatic carbocycles. The first-order chi connectivity index (χ1) is 9.40. The molecule has 0 atom stereocenters. The fourth-order valence-corrected chi connectivity index (χ4v) is 4.75. The molecule has 0 aliphatic heterocycles. The summed E-state index contributed by atoms with van der Waals surface area (Å²) in [6.45, 7) is 6.66. The van der Waals surface area contributed by atoms with Gasteiger partial charge in [-0.3, -0.25) is 4.79 Å². The van der Waals surface area contributed by atoms with Crippen molar-refractivity contribution in [3.8, 4) is 0 Å². The van der Waals surface area contributed by atoms with E-state index in [1.165, 1.54) is 19.3 Å². The van der Waals surface area contributed by atoms with Gasteiger partial charge in [0.2, 0.25) is 0 Å². The highest BCUT2D eigenvalue weighted by atomic mass is 28.4. The van der Waals surface area contributed by atoms with E-state index in [4.69, 9.17) is 4.43 Å². The summed E-state index contributed by atoms with van der Waals surface area (Å²) in [6.07, 6.45) is 6.27. The number of hydrogen-bond acceptors (Lipinski definition) is 2. The normalized spacial score (nSPS) is 18.8. The third-order valence-electron chi connectivity index (χ3n) is 3.87. The van der Waals surface area contributed by atoms with Crippen molar-refractivity contribution in [1.82, 2.24) is 0 Å². The second-order valence-corrected chi connectivity index (χ2v) is 11.4.